The van der Waals surface area contributed by atoms with Gasteiger partial charge in [0.25, 0.3) is 0 Å². The molecule has 0 bridgehead atoms. The largest absolute Gasteiger partial charge is 0.271 e. The summed E-state index contributed by atoms with van der Waals surface area (Å²) in [7, 11) is 0. The van der Waals surface area contributed by atoms with E-state index in [4.69, 9.17) is 5.84 Å². The van der Waals surface area contributed by atoms with Crippen molar-refractivity contribution in [2.75, 3.05) is 11.5 Å². The van der Waals surface area contributed by atoms with E-state index in [1.165, 1.54) is 0 Å². The molecule has 1 fully saturated rings. The second-order valence-corrected chi connectivity index (χ2v) is 6.34. The van der Waals surface area contributed by atoms with Gasteiger partial charge in [-0.05, 0) is 49.2 Å². The third kappa shape index (κ3) is 3.46. The minimum atomic E-state index is -0.770. The van der Waals surface area contributed by atoms with Gasteiger partial charge in [-0.25, -0.2) is 8.78 Å². The first-order valence-electron chi connectivity index (χ1n) is 6.62. The molecule has 106 valence electrons. The van der Waals surface area contributed by atoms with E-state index < -0.39 is 11.6 Å². The molecule has 2 rings (SSSR count). The van der Waals surface area contributed by atoms with E-state index in [1.54, 1.807) is 19.1 Å². The number of rotatable bonds is 4. The molecule has 0 aromatic heterocycles. The molecule has 1 heterocycles. The van der Waals surface area contributed by atoms with Crippen molar-refractivity contribution in [1.82, 2.24) is 5.43 Å². The summed E-state index contributed by atoms with van der Waals surface area (Å²) in [5.41, 5.74) is 3.30. The maximum absolute atomic E-state index is 14.0. The molecule has 1 unspecified atom stereocenters. The highest BCUT2D eigenvalue weighted by molar-refractivity contribution is 7.99. The number of nitrogens with two attached hydrogens (primary N) is 1. The Kier molecular flexibility index (Phi) is 5.19. The molecule has 5 heteroatoms. The molecular formula is C14H20F2N2S. The zero-order chi connectivity index (χ0) is 13.8. The number of nitrogens with one attached hydrogen (secondary N) is 1. The van der Waals surface area contributed by atoms with Crippen LogP contribution in [0.5, 0.6) is 0 Å². The average Bonchev–Trinajstić information content (AvgIpc) is 2.44. The topological polar surface area (TPSA) is 38.0 Å². The second-order valence-electron chi connectivity index (χ2n) is 5.11. The van der Waals surface area contributed by atoms with E-state index in [0.29, 0.717) is 17.0 Å². The van der Waals surface area contributed by atoms with Crippen LogP contribution in [0, 0.1) is 24.5 Å². The van der Waals surface area contributed by atoms with E-state index >= 15 is 0 Å². The van der Waals surface area contributed by atoms with Gasteiger partial charge in [-0.3, -0.25) is 11.3 Å². The fourth-order valence-electron chi connectivity index (χ4n) is 2.53. The molecule has 1 aromatic carbocycles. The summed E-state index contributed by atoms with van der Waals surface area (Å²) in [6.45, 7) is 1.56. The number of thioether (sulfide) groups is 1. The minimum Gasteiger partial charge on any atom is -0.271 e. The molecule has 0 spiro atoms. The second kappa shape index (κ2) is 6.68. The highest BCUT2D eigenvalue weighted by atomic mass is 32.2. The number of benzene rings is 1. The fourth-order valence-corrected chi connectivity index (χ4v) is 3.73. The van der Waals surface area contributed by atoms with E-state index in [1.807, 2.05) is 11.8 Å². The van der Waals surface area contributed by atoms with Gasteiger partial charge in [-0.1, -0.05) is 12.1 Å². The van der Waals surface area contributed by atoms with E-state index in [-0.39, 0.29) is 6.04 Å². The summed E-state index contributed by atoms with van der Waals surface area (Å²) >= 11 is 1.95. The molecule has 1 aliphatic heterocycles. The Morgan fingerprint density at radius 3 is 2.63 bits per heavy atom. The van der Waals surface area contributed by atoms with E-state index in [0.717, 1.165) is 30.8 Å². The van der Waals surface area contributed by atoms with Gasteiger partial charge in [0.05, 0.1) is 0 Å². The Bertz CT molecular complexity index is 434. The monoisotopic (exact) mass is 286 g/mol. The van der Waals surface area contributed by atoms with Crippen LogP contribution in [0.3, 0.4) is 0 Å². The molecule has 19 heavy (non-hydrogen) atoms. The predicted molar refractivity (Wildman–Crippen MR) is 75.8 cm³/mol. The summed E-state index contributed by atoms with van der Waals surface area (Å²) in [5.74, 6) is 6.82. The number of aryl methyl sites for hydroxylation is 1. The molecular weight excluding hydrogens is 266 g/mol. The van der Waals surface area contributed by atoms with Crippen LogP contribution in [0.4, 0.5) is 8.78 Å². The van der Waals surface area contributed by atoms with Crippen molar-refractivity contribution in [2.45, 2.75) is 32.2 Å². The van der Waals surface area contributed by atoms with Crippen molar-refractivity contribution in [1.29, 1.82) is 0 Å². The normalized spacial score (nSPS) is 18.5. The Balaban J connectivity index is 2.14. The molecule has 0 radical (unpaired) electrons. The van der Waals surface area contributed by atoms with Crippen LogP contribution in [-0.2, 0) is 0 Å². The molecule has 0 saturated carbocycles. The Morgan fingerprint density at radius 2 is 2.00 bits per heavy atom. The van der Waals surface area contributed by atoms with Crippen LogP contribution >= 0.6 is 11.8 Å². The maximum atomic E-state index is 14.0. The van der Waals surface area contributed by atoms with Crippen LogP contribution in [0.1, 0.15) is 36.4 Å². The minimum absolute atomic E-state index is 0.316. The molecule has 1 aromatic rings. The summed E-state index contributed by atoms with van der Waals surface area (Å²) in [6, 6.07) is 2.92. The summed E-state index contributed by atoms with van der Waals surface area (Å²) in [6.07, 6.45) is 3.01. The molecule has 1 atom stereocenters. The zero-order valence-corrected chi connectivity index (χ0v) is 11.9. The lowest BCUT2D eigenvalue weighted by atomic mass is 9.90. The van der Waals surface area contributed by atoms with Crippen LogP contribution in [0.2, 0.25) is 0 Å². The molecule has 2 nitrogen and oxygen atoms in total. The summed E-state index contributed by atoms with van der Waals surface area (Å²) in [4.78, 5) is 0. The lowest BCUT2D eigenvalue weighted by Gasteiger charge is -2.26. The number of halogens is 2. The van der Waals surface area contributed by atoms with Gasteiger partial charge in [0.2, 0.25) is 0 Å². The molecule has 0 amide bonds. The molecule has 1 aliphatic rings. The Morgan fingerprint density at radius 1 is 1.32 bits per heavy atom. The average molecular weight is 286 g/mol. The Hall–Kier alpha value is -0.650. The Labute approximate surface area is 117 Å². The SMILES string of the molecule is Cc1ccc(C(CC2CCSCC2)NN)c(F)c1F. The maximum Gasteiger partial charge on any atom is 0.163 e. The lowest BCUT2D eigenvalue weighted by Crippen LogP contribution is -2.31. The van der Waals surface area contributed by atoms with Gasteiger partial charge in [0.15, 0.2) is 11.6 Å². The third-order valence-electron chi connectivity index (χ3n) is 3.79. The van der Waals surface area contributed by atoms with Gasteiger partial charge in [0.1, 0.15) is 0 Å². The number of hydrazine groups is 1. The van der Waals surface area contributed by atoms with Gasteiger partial charge in [-0.15, -0.1) is 0 Å². The highest BCUT2D eigenvalue weighted by Crippen LogP contribution is 2.32. The first kappa shape index (κ1) is 14.8. The van der Waals surface area contributed by atoms with E-state index in [2.05, 4.69) is 5.43 Å². The van der Waals surface area contributed by atoms with Crippen LogP contribution in [0.25, 0.3) is 0 Å². The van der Waals surface area contributed by atoms with Crippen molar-refractivity contribution >= 4 is 11.8 Å². The van der Waals surface area contributed by atoms with Crippen LogP contribution < -0.4 is 11.3 Å². The smallest absolute Gasteiger partial charge is 0.163 e. The first-order chi connectivity index (χ1) is 9.13. The quantitative estimate of drug-likeness (QED) is 0.659. The molecule has 1 saturated heterocycles. The highest BCUT2D eigenvalue weighted by Gasteiger charge is 2.23. The fraction of sp³-hybridized carbons (Fsp3) is 0.571. The first-order valence-corrected chi connectivity index (χ1v) is 7.77. The lowest BCUT2D eigenvalue weighted by molar-refractivity contribution is 0.361. The van der Waals surface area contributed by atoms with Gasteiger partial charge < -0.3 is 0 Å². The number of hydrogen-bond acceptors (Lipinski definition) is 3. The van der Waals surface area contributed by atoms with Gasteiger partial charge >= 0.3 is 0 Å². The van der Waals surface area contributed by atoms with Crippen molar-refractivity contribution in [3.05, 3.63) is 34.9 Å². The molecule has 3 N–H and O–H groups in total. The van der Waals surface area contributed by atoms with Crippen molar-refractivity contribution in [3.8, 4) is 0 Å². The summed E-state index contributed by atoms with van der Waals surface area (Å²) in [5, 5.41) is 0. The summed E-state index contributed by atoms with van der Waals surface area (Å²) < 4.78 is 27.6. The van der Waals surface area contributed by atoms with E-state index in [9.17, 15) is 8.78 Å². The van der Waals surface area contributed by atoms with Crippen molar-refractivity contribution < 1.29 is 8.78 Å². The standard InChI is InChI=1S/C14H20F2N2S/c1-9-2-3-11(14(16)13(9)15)12(18-17)8-10-4-6-19-7-5-10/h2-3,10,12,18H,4-8,17H2,1H3. The third-order valence-corrected chi connectivity index (χ3v) is 4.84. The van der Waals surface area contributed by atoms with Crippen LogP contribution in [0.15, 0.2) is 12.1 Å². The van der Waals surface area contributed by atoms with Gasteiger partial charge in [-0.2, -0.15) is 11.8 Å². The number of hydrogen-bond donors (Lipinski definition) is 2. The van der Waals surface area contributed by atoms with Crippen molar-refractivity contribution in [2.24, 2.45) is 11.8 Å². The predicted octanol–water partition coefficient (Wildman–Crippen LogP) is 3.31. The van der Waals surface area contributed by atoms with Crippen LogP contribution in [-0.4, -0.2) is 11.5 Å². The zero-order valence-electron chi connectivity index (χ0n) is 11.1. The molecule has 0 aliphatic carbocycles. The van der Waals surface area contributed by atoms with Crippen molar-refractivity contribution in [3.63, 3.8) is 0 Å². The van der Waals surface area contributed by atoms with Gasteiger partial charge in [0, 0.05) is 11.6 Å².